The summed E-state index contributed by atoms with van der Waals surface area (Å²) in [5, 5.41) is 29.6. The molecule has 0 bridgehead atoms. The first-order chi connectivity index (χ1) is 24.9. The van der Waals surface area contributed by atoms with Crippen LogP contribution < -0.4 is 10.6 Å². The highest BCUT2D eigenvalue weighted by Crippen LogP contribution is 2.33. The van der Waals surface area contributed by atoms with Gasteiger partial charge in [-0.1, -0.05) is 31.5 Å². The summed E-state index contributed by atoms with van der Waals surface area (Å²) in [4.78, 5) is 22.1. The Kier molecular flexibility index (Phi) is 13.6. The van der Waals surface area contributed by atoms with E-state index in [-0.39, 0.29) is 24.5 Å². The minimum absolute atomic E-state index is 0.0226. The molecule has 0 radical (unpaired) electrons. The quantitative estimate of drug-likeness (QED) is 0.162. The largest absolute Gasteiger partial charge is 0.439 e. The number of anilines is 1. The summed E-state index contributed by atoms with van der Waals surface area (Å²) in [6.07, 6.45) is 7.79. The molecule has 13 nitrogen and oxygen atoms in total. The van der Waals surface area contributed by atoms with Crippen molar-refractivity contribution in [1.82, 2.24) is 35.5 Å². The van der Waals surface area contributed by atoms with Crippen LogP contribution in [0.4, 0.5) is 5.82 Å². The molecule has 3 aromatic rings. The maximum Gasteiger partial charge on any atom is 0.313 e. The van der Waals surface area contributed by atoms with Gasteiger partial charge in [0, 0.05) is 55.2 Å². The summed E-state index contributed by atoms with van der Waals surface area (Å²) in [7, 11) is 0. The molecule has 2 atom stereocenters. The van der Waals surface area contributed by atoms with E-state index in [0.29, 0.717) is 62.0 Å². The van der Waals surface area contributed by atoms with Crippen molar-refractivity contribution in [2.75, 3.05) is 31.7 Å². The fourth-order valence-corrected chi connectivity index (χ4v) is 6.89. The molecule has 0 spiro atoms. The lowest BCUT2D eigenvalue weighted by Crippen LogP contribution is -2.41. The van der Waals surface area contributed by atoms with Gasteiger partial charge in [0.2, 0.25) is 6.23 Å². The minimum atomic E-state index is -0.631. The van der Waals surface area contributed by atoms with Crippen LogP contribution in [0.2, 0.25) is 5.02 Å². The second-order valence-electron chi connectivity index (χ2n) is 15.8. The van der Waals surface area contributed by atoms with Gasteiger partial charge in [0.1, 0.15) is 12.4 Å². The molecule has 14 heteroatoms. The van der Waals surface area contributed by atoms with Crippen LogP contribution in [-0.2, 0) is 32.0 Å². The van der Waals surface area contributed by atoms with Gasteiger partial charge < -0.3 is 24.8 Å². The van der Waals surface area contributed by atoms with Gasteiger partial charge in [-0.3, -0.25) is 9.78 Å². The number of ether oxygens (including phenoxy) is 3. The number of aromatic nitrogens is 6. The summed E-state index contributed by atoms with van der Waals surface area (Å²) in [5.74, 6) is 1.45. The normalized spacial score (nSPS) is 20.2. The maximum atomic E-state index is 12.6. The zero-order valence-corrected chi connectivity index (χ0v) is 32.2. The van der Waals surface area contributed by atoms with E-state index in [1.54, 1.807) is 10.9 Å². The minimum Gasteiger partial charge on any atom is -0.439 e. The Labute approximate surface area is 312 Å². The molecule has 0 unspecified atom stereocenters. The molecule has 1 aliphatic heterocycles. The molecule has 0 aromatic carbocycles. The average molecular weight is 736 g/mol. The van der Waals surface area contributed by atoms with E-state index in [4.69, 9.17) is 30.8 Å². The topological polar surface area (TPSA) is 162 Å². The first kappa shape index (κ1) is 39.5. The van der Waals surface area contributed by atoms with Crippen molar-refractivity contribution in [3.05, 3.63) is 47.0 Å². The van der Waals surface area contributed by atoms with Crippen molar-refractivity contribution in [2.45, 2.75) is 111 Å². The first-order valence-electron chi connectivity index (χ1n) is 18.5. The lowest BCUT2D eigenvalue weighted by atomic mass is 9.82. The van der Waals surface area contributed by atoms with Crippen LogP contribution in [0.15, 0.2) is 30.5 Å². The summed E-state index contributed by atoms with van der Waals surface area (Å²) < 4.78 is 18.8. The molecule has 3 aromatic heterocycles. The number of nitrogens with one attached hydrogen (secondary N) is 2. The van der Waals surface area contributed by atoms with Crippen LogP contribution in [-0.4, -0.2) is 74.6 Å². The van der Waals surface area contributed by atoms with Crippen LogP contribution in [0.5, 0.6) is 0 Å². The van der Waals surface area contributed by atoms with E-state index in [1.165, 1.54) is 0 Å². The number of hydrogen-bond acceptors (Lipinski definition) is 12. The molecule has 1 aliphatic carbocycles. The average Bonchev–Trinajstić information content (AvgIpc) is 3.59. The van der Waals surface area contributed by atoms with Crippen LogP contribution in [0, 0.1) is 34.0 Å². The van der Waals surface area contributed by atoms with Crippen molar-refractivity contribution in [2.24, 2.45) is 22.7 Å². The van der Waals surface area contributed by atoms with E-state index in [1.807, 2.05) is 52.8 Å². The predicted molar refractivity (Wildman–Crippen MR) is 198 cm³/mol. The van der Waals surface area contributed by atoms with Gasteiger partial charge in [-0.05, 0) is 107 Å². The Balaban J connectivity index is 1.07. The van der Waals surface area contributed by atoms with Gasteiger partial charge in [-0.15, -0.1) is 5.10 Å². The maximum absolute atomic E-state index is 12.6. The number of carbonyl (C=O) groups excluding carboxylic acids is 1. The number of rotatable bonds is 15. The van der Waals surface area contributed by atoms with Crippen LogP contribution in [0.1, 0.15) is 97.8 Å². The summed E-state index contributed by atoms with van der Waals surface area (Å²) in [6, 6.07) is 11.0. The summed E-state index contributed by atoms with van der Waals surface area (Å²) in [6.45, 7) is 14.0. The van der Waals surface area contributed by atoms with Gasteiger partial charge in [-0.25, -0.2) is 4.98 Å². The van der Waals surface area contributed by atoms with E-state index in [9.17, 15) is 10.1 Å². The Bertz CT molecular complexity index is 1660. The SMILES string of the molecule is CC(C)[C@H](OC(=O)C(C)(C)C)n1nnnc1COC[C@@H](C)NC1CCC(Cc2cc(-c3cccc(NCC4(C#N)CCOCC4)n3)c(Cl)cn2)CC1. The van der Waals surface area contributed by atoms with Crippen LogP contribution in [0.25, 0.3) is 11.3 Å². The zero-order valence-electron chi connectivity index (χ0n) is 31.4. The number of tetrazole rings is 1. The molecule has 4 heterocycles. The number of hydrogen-bond donors (Lipinski definition) is 2. The monoisotopic (exact) mass is 735 g/mol. The van der Waals surface area contributed by atoms with E-state index < -0.39 is 17.1 Å². The molecule has 52 heavy (non-hydrogen) atoms. The highest BCUT2D eigenvalue weighted by Gasteiger charge is 2.33. The molecule has 1 saturated carbocycles. The Morgan fingerprint density at radius 1 is 1.17 bits per heavy atom. The van der Waals surface area contributed by atoms with Gasteiger partial charge in [0.25, 0.3) is 0 Å². The second-order valence-corrected chi connectivity index (χ2v) is 16.2. The van der Waals surface area contributed by atoms with Crippen molar-refractivity contribution < 1.29 is 19.0 Å². The zero-order chi connectivity index (χ0) is 37.3. The van der Waals surface area contributed by atoms with Crippen molar-refractivity contribution in [1.29, 1.82) is 5.26 Å². The molecule has 0 amide bonds. The number of nitrogens with zero attached hydrogens (tertiary/aromatic N) is 7. The third-order valence-electron chi connectivity index (χ3n) is 9.91. The van der Waals surface area contributed by atoms with E-state index in [0.717, 1.165) is 54.9 Å². The molecular weight excluding hydrogens is 682 g/mol. The lowest BCUT2D eigenvalue weighted by Gasteiger charge is -2.31. The summed E-state index contributed by atoms with van der Waals surface area (Å²) >= 11 is 6.64. The predicted octanol–water partition coefficient (Wildman–Crippen LogP) is 6.56. The van der Waals surface area contributed by atoms with Gasteiger partial charge in [0.15, 0.2) is 5.82 Å². The van der Waals surface area contributed by atoms with Gasteiger partial charge in [-0.2, -0.15) is 9.94 Å². The third-order valence-corrected chi connectivity index (χ3v) is 10.2. The number of esters is 1. The number of nitriles is 1. The second kappa shape index (κ2) is 17.9. The lowest BCUT2D eigenvalue weighted by molar-refractivity contribution is -0.168. The number of pyridine rings is 2. The Morgan fingerprint density at radius 2 is 1.92 bits per heavy atom. The standard InChI is InChI=1S/C38H54ClN9O4/c1-25(2)35(52-36(49)37(4,5)6)48-34(45-46-47-48)22-51-21-26(3)43-28-12-10-27(11-13-28)18-29-19-30(31(39)20-41-29)32-8-7-9-33(44-32)42-24-38(23-40)14-16-50-17-15-38/h7-9,19-20,25-28,35,43H,10-18,21-22,24H2,1-6H3,(H,42,44)/t26-,27?,28?,35+/m1/s1. The number of carbonyl (C=O) groups is 1. The molecular formula is C38H54ClN9O4. The first-order valence-corrected chi connectivity index (χ1v) is 18.9. The van der Waals surface area contributed by atoms with Crippen LogP contribution >= 0.6 is 11.6 Å². The summed E-state index contributed by atoms with van der Waals surface area (Å²) in [5.41, 5.74) is 1.58. The fourth-order valence-electron chi connectivity index (χ4n) is 6.69. The van der Waals surface area contributed by atoms with Gasteiger partial charge >= 0.3 is 5.97 Å². The molecule has 282 valence electrons. The highest BCUT2D eigenvalue weighted by molar-refractivity contribution is 6.33. The molecule has 1 saturated heterocycles. The Hall–Kier alpha value is -3.70. The van der Waals surface area contributed by atoms with E-state index in [2.05, 4.69) is 50.2 Å². The fraction of sp³-hybridized carbons (Fsp3) is 0.658. The van der Waals surface area contributed by atoms with Crippen LogP contribution in [0.3, 0.4) is 0 Å². The highest BCUT2D eigenvalue weighted by atomic mass is 35.5. The van der Waals surface area contributed by atoms with Crippen molar-refractivity contribution >= 4 is 23.4 Å². The van der Waals surface area contributed by atoms with Gasteiger partial charge in [0.05, 0.1) is 34.2 Å². The Morgan fingerprint density at radius 3 is 2.62 bits per heavy atom. The molecule has 2 aliphatic rings. The van der Waals surface area contributed by atoms with E-state index >= 15 is 0 Å². The molecule has 2 N–H and O–H groups in total. The number of halogens is 1. The molecule has 5 rings (SSSR count). The van der Waals surface area contributed by atoms with Crippen molar-refractivity contribution in [3.8, 4) is 17.3 Å². The third kappa shape index (κ3) is 10.7. The molecule has 2 fully saturated rings. The van der Waals surface area contributed by atoms with Crippen molar-refractivity contribution in [3.63, 3.8) is 0 Å². The smallest absolute Gasteiger partial charge is 0.313 e.